The topological polar surface area (TPSA) is 85.3 Å². The molecule has 2 aliphatic rings. The van der Waals surface area contributed by atoms with E-state index in [-0.39, 0.29) is 23.9 Å². The van der Waals surface area contributed by atoms with Crippen LogP contribution in [-0.4, -0.2) is 39.8 Å². The molecule has 7 heteroatoms. The number of carbonyl (C=O) groups excluding carboxylic acids is 2. The van der Waals surface area contributed by atoms with Gasteiger partial charge in [-0.15, -0.1) is 0 Å². The van der Waals surface area contributed by atoms with Gasteiger partial charge in [-0.1, -0.05) is 12.1 Å². The van der Waals surface area contributed by atoms with Crippen LogP contribution in [0.2, 0.25) is 0 Å². The number of benzene rings is 1. The summed E-state index contributed by atoms with van der Waals surface area (Å²) in [7, 11) is 0. The Balaban J connectivity index is 1.39. The van der Waals surface area contributed by atoms with Gasteiger partial charge < -0.3 is 15.4 Å². The molecule has 4 rings (SSSR count). The van der Waals surface area contributed by atoms with E-state index in [1.165, 1.54) is 0 Å². The van der Waals surface area contributed by atoms with E-state index in [0.717, 1.165) is 31.4 Å². The minimum atomic E-state index is -0.409. The van der Waals surface area contributed by atoms with Crippen molar-refractivity contribution in [2.75, 3.05) is 6.54 Å². The van der Waals surface area contributed by atoms with Gasteiger partial charge in [-0.05, 0) is 57.7 Å². The van der Waals surface area contributed by atoms with E-state index in [9.17, 15) is 9.59 Å². The molecule has 1 aromatic carbocycles. The largest absolute Gasteiger partial charge is 0.485 e. The Hall–Kier alpha value is -2.83. The summed E-state index contributed by atoms with van der Waals surface area (Å²) < 4.78 is 8.06. The number of rotatable bonds is 3. The molecule has 148 valence electrons. The predicted molar refractivity (Wildman–Crippen MR) is 104 cm³/mol. The molecule has 0 radical (unpaired) electrons. The second-order valence-corrected chi connectivity index (χ2v) is 7.84. The number of nitrogens with zero attached hydrogens (tertiary/aromatic N) is 2. The molecule has 1 saturated carbocycles. The molecule has 7 nitrogen and oxygen atoms in total. The maximum atomic E-state index is 12.6. The van der Waals surface area contributed by atoms with Gasteiger partial charge in [0.25, 0.3) is 5.91 Å². The fraction of sp³-hybridized carbons (Fsp3) is 0.476. The quantitative estimate of drug-likeness (QED) is 0.853. The zero-order chi connectivity index (χ0) is 19.7. The van der Waals surface area contributed by atoms with Gasteiger partial charge in [0.05, 0.1) is 12.1 Å². The molecule has 1 fully saturated rings. The predicted octanol–water partition coefficient (Wildman–Crippen LogP) is 2.37. The van der Waals surface area contributed by atoms with E-state index in [4.69, 9.17) is 4.74 Å². The Labute approximate surface area is 164 Å². The third-order valence-electron chi connectivity index (χ3n) is 5.89. The first-order chi connectivity index (χ1) is 13.5. The van der Waals surface area contributed by atoms with E-state index < -0.39 is 5.60 Å². The van der Waals surface area contributed by atoms with Crippen LogP contribution in [0.5, 0.6) is 5.75 Å². The highest BCUT2D eigenvalue weighted by atomic mass is 16.5. The number of fused-ring (bicyclic) bond motifs is 1. The van der Waals surface area contributed by atoms with Crippen LogP contribution < -0.4 is 15.4 Å². The van der Waals surface area contributed by atoms with Gasteiger partial charge in [-0.3, -0.25) is 14.3 Å². The lowest BCUT2D eigenvalue weighted by molar-refractivity contribution is -0.125. The molecule has 1 atom stereocenters. The number of hydrogen-bond acceptors (Lipinski definition) is 4. The highest BCUT2D eigenvalue weighted by Gasteiger charge is 2.40. The average Bonchev–Trinajstić information content (AvgIpc) is 3.08. The van der Waals surface area contributed by atoms with Crippen molar-refractivity contribution in [3.05, 3.63) is 47.8 Å². The van der Waals surface area contributed by atoms with E-state index in [2.05, 4.69) is 15.7 Å². The summed E-state index contributed by atoms with van der Waals surface area (Å²) in [6, 6.07) is 9.02. The van der Waals surface area contributed by atoms with E-state index in [1.807, 2.05) is 38.1 Å². The molecule has 1 aliphatic heterocycles. The number of hydrogen-bond donors (Lipinski definition) is 2. The zero-order valence-corrected chi connectivity index (χ0v) is 16.3. The number of carbonyl (C=O) groups is 2. The van der Waals surface area contributed by atoms with Crippen LogP contribution in [0.4, 0.5) is 0 Å². The lowest BCUT2D eigenvalue weighted by Gasteiger charge is -2.39. The summed E-state index contributed by atoms with van der Waals surface area (Å²) >= 11 is 0. The molecule has 0 bridgehead atoms. The van der Waals surface area contributed by atoms with Crippen molar-refractivity contribution < 1.29 is 14.3 Å². The minimum absolute atomic E-state index is 0.0202. The Morgan fingerprint density at radius 2 is 2.07 bits per heavy atom. The number of ether oxygens (including phenoxy) is 1. The first kappa shape index (κ1) is 18.5. The maximum Gasteiger partial charge on any atom is 0.255 e. The molecule has 2 N–H and O–H groups in total. The van der Waals surface area contributed by atoms with Crippen molar-refractivity contribution >= 4 is 11.8 Å². The molecule has 2 aromatic rings. The molecule has 1 unspecified atom stereocenters. The number of para-hydroxylation sites is 1. The van der Waals surface area contributed by atoms with E-state index >= 15 is 0 Å². The smallest absolute Gasteiger partial charge is 0.255 e. The van der Waals surface area contributed by atoms with Gasteiger partial charge in [0, 0.05) is 17.9 Å². The Bertz CT molecular complexity index is 883. The van der Waals surface area contributed by atoms with Crippen LogP contribution in [0.15, 0.2) is 36.5 Å². The Kier molecular flexibility index (Phi) is 4.83. The molecule has 0 saturated heterocycles. The highest BCUT2D eigenvalue weighted by molar-refractivity contribution is 5.97. The minimum Gasteiger partial charge on any atom is -0.485 e. The molecule has 1 spiro atoms. The van der Waals surface area contributed by atoms with E-state index in [1.54, 1.807) is 16.9 Å². The summed E-state index contributed by atoms with van der Waals surface area (Å²) in [6.07, 6.45) is 4.89. The van der Waals surface area contributed by atoms with Crippen LogP contribution in [0.25, 0.3) is 0 Å². The first-order valence-corrected chi connectivity index (χ1v) is 9.84. The fourth-order valence-electron chi connectivity index (χ4n) is 4.13. The van der Waals surface area contributed by atoms with Crippen molar-refractivity contribution in [3.63, 3.8) is 0 Å². The molecule has 1 aromatic heterocycles. The van der Waals surface area contributed by atoms with Crippen LogP contribution in [0.1, 0.15) is 54.7 Å². The van der Waals surface area contributed by atoms with E-state index in [0.29, 0.717) is 17.9 Å². The Morgan fingerprint density at radius 3 is 2.79 bits per heavy atom. The van der Waals surface area contributed by atoms with Crippen LogP contribution >= 0.6 is 0 Å². The normalized spacial score (nSPS) is 25.2. The van der Waals surface area contributed by atoms with Crippen molar-refractivity contribution in [2.24, 2.45) is 0 Å². The van der Waals surface area contributed by atoms with Crippen LogP contribution in [-0.2, 0) is 4.79 Å². The monoisotopic (exact) mass is 382 g/mol. The SMILES string of the molecule is Cc1ccnn1C(C)C(=O)NC1CCC2(CC1)CNC(=O)c1ccccc1O2. The molecule has 1 aliphatic carbocycles. The molecule has 2 amide bonds. The molecular formula is C21H26N4O3. The zero-order valence-electron chi connectivity index (χ0n) is 16.3. The van der Waals surface area contributed by atoms with Gasteiger partial charge >= 0.3 is 0 Å². The number of aromatic nitrogens is 2. The average molecular weight is 382 g/mol. The van der Waals surface area contributed by atoms with Gasteiger partial charge in [-0.25, -0.2) is 0 Å². The summed E-state index contributed by atoms with van der Waals surface area (Å²) in [5, 5.41) is 10.4. The second-order valence-electron chi connectivity index (χ2n) is 7.84. The first-order valence-electron chi connectivity index (χ1n) is 9.84. The van der Waals surface area contributed by atoms with Gasteiger partial charge in [0.1, 0.15) is 17.4 Å². The van der Waals surface area contributed by atoms with Crippen LogP contribution in [0, 0.1) is 6.92 Å². The van der Waals surface area contributed by atoms with Crippen molar-refractivity contribution in [2.45, 2.75) is 57.2 Å². The van der Waals surface area contributed by atoms with Gasteiger partial charge in [0.15, 0.2) is 0 Å². The maximum absolute atomic E-state index is 12.6. The van der Waals surface area contributed by atoms with Crippen molar-refractivity contribution in [1.29, 1.82) is 0 Å². The number of amides is 2. The molecular weight excluding hydrogens is 356 g/mol. The summed E-state index contributed by atoms with van der Waals surface area (Å²) in [6.45, 7) is 4.29. The summed E-state index contributed by atoms with van der Waals surface area (Å²) in [5.41, 5.74) is 1.14. The Morgan fingerprint density at radius 1 is 1.32 bits per heavy atom. The fourth-order valence-corrected chi connectivity index (χ4v) is 4.13. The van der Waals surface area contributed by atoms with Gasteiger partial charge in [0.2, 0.25) is 5.91 Å². The third kappa shape index (κ3) is 3.48. The third-order valence-corrected chi connectivity index (χ3v) is 5.89. The second kappa shape index (κ2) is 7.30. The van der Waals surface area contributed by atoms with Crippen LogP contribution in [0.3, 0.4) is 0 Å². The summed E-state index contributed by atoms with van der Waals surface area (Å²) in [5.74, 6) is 0.530. The molecule has 28 heavy (non-hydrogen) atoms. The lowest BCUT2D eigenvalue weighted by Crippen LogP contribution is -2.51. The van der Waals surface area contributed by atoms with Gasteiger partial charge in [-0.2, -0.15) is 5.10 Å². The standard InChI is InChI=1S/C21H26N4O3/c1-14-9-12-23-25(14)15(2)19(26)24-16-7-10-21(11-8-16)13-22-20(27)17-5-3-4-6-18(17)28-21/h3-6,9,12,15-16H,7-8,10-11,13H2,1-2H3,(H,22,27)(H,24,26). The number of aryl methyl sites for hydroxylation is 1. The number of nitrogens with one attached hydrogen (secondary N) is 2. The van der Waals surface area contributed by atoms with Crippen molar-refractivity contribution in [1.82, 2.24) is 20.4 Å². The summed E-state index contributed by atoms with van der Waals surface area (Å²) in [4.78, 5) is 24.9. The lowest BCUT2D eigenvalue weighted by atomic mass is 9.81. The van der Waals surface area contributed by atoms with Crippen molar-refractivity contribution in [3.8, 4) is 5.75 Å². The highest BCUT2D eigenvalue weighted by Crippen LogP contribution is 2.36. The molecule has 2 heterocycles.